The maximum absolute atomic E-state index is 11.4. The minimum Gasteiger partial charge on any atom is -0.378 e. The summed E-state index contributed by atoms with van der Waals surface area (Å²) >= 11 is 0. The third-order valence-electron chi connectivity index (χ3n) is 4.31. The van der Waals surface area contributed by atoms with Crippen LogP contribution in [0.15, 0.2) is 30.6 Å². The van der Waals surface area contributed by atoms with Crippen LogP contribution in [0.25, 0.3) is 22.3 Å². The van der Waals surface area contributed by atoms with E-state index in [2.05, 4.69) is 32.0 Å². The van der Waals surface area contributed by atoms with Gasteiger partial charge in [0.25, 0.3) is 5.91 Å². The van der Waals surface area contributed by atoms with E-state index in [-0.39, 0.29) is 5.69 Å². The summed E-state index contributed by atoms with van der Waals surface area (Å²) in [6.45, 7) is 1.97. The van der Waals surface area contributed by atoms with Crippen molar-refractivity contribution in [3.05, 3.63) is 41.9 Å². The Bertz CT molecular complexity index is 1130. The number of carbonyl (C=O) groups excluding carboxylic acids is 2. The fourth-order valence-electron chi connectivity index (χ4n) is 2.65. The van der Waals surface area contributed by atoms with E-state index < -0.39 is 11.5 Å². The third kappa shape index (κ3) is 4.75. The number of aromatic amines is 1. The quantitative estimate of drug-likeness (QED) is 0.417. The third-order valence-corrected chi connectivity index (χ3v) is 4.31. The van der Waals surface area contributed by atoms with Gasteiger partial charge in [0.2, 0.25) is 6.41 Å². The molecule has 1 atom stereocenters. The molecule has 0 radical (unpaired) electrons. The Morgan fingerprint density at radius 3 is 2.97 bits per heavy atom. The first-order valence-electron chi connectivity index (χ1n) is 8.80. The number of hydrogen-bond acceptors (Lipinski definition) is 6. The zero-order chi connectivity index (χ0) is 21.0. The number of amides is 2. The number of primary amides is 1. The number of hydrogen-bond donors (Lipinski definition) is 3. The van der Waals surface area contributed by atoms with Crippen LogP contribution in [0.1, 0.15) is 29.4 Å². The van der Waals surface area contributed by atoms with E-state index in [0.29, 0.717) is 41.8 Å². The molecular weight excluding hydrogens is 372 g/mol. The summed E-state index contributed by atoms with van der Waals surface area (Å²) in [5, 5.41) is 18.1. The number of aromatic nitrogens is 4. The standard InChI is InChI=1S/C20H20N6O3/c1-20(29,6-8-26(2)12-27)5-3-13-9-14(15-11-23-25-17(15)10-13)19-22-7-4-16(24-19)18(21)28/h4,7,9-12,29H,6,8H2,1-2H3,(H2,21,28)(H,23,25). The molecular formula is C20H20N6O3. The molecule has 2 aromatic heterocycles. The fraction of sp³-hybridized carbons (Fsp3) is 0.250. The van der Waals surface area contributed by atoms with Crippen LogP contribution < -0.4 is 5.73 Å². The highest BCUT2D eigenvalue weighted by atomic mass is 16.3. The molecule has 148 valence electrons. The zero-order valence-electron chi connectivity index (χ0n) is 16.0. The second kappa shape index (κ2) is 8.08. The molecule has 1 unspecified atom stereocenters. The van der Waals surface area contributed by atoms with Gasteiger partial charge in [0.05, 0.1) is 11.7 Å². The number of nitrogens with one attached hydrogen (secondary N) is 1. The zero-order valence-corrected chi connectivity index (χ0v) is 16.0. The van der Waals surface area contributed by atoms with Gasteiger partial charge >= 0.3 is 0 Å². The highest BCUT2D eigenvalue weighted by Gasteiger charge is 2.18. The van der Waals surface area contributed by atoms with Crippen LogP contribution in [0, 0.1) is 11.8 Å². The molecule has 2 heterocycles. The van der Waals surface area contributed by atoms with Crippen molar-refractivity contribution in [1.82, 2.24) is 25.1 Å². The Balaban J connectivity index is 1.99. The first-order valence-corrected chi connectivity index (χ1v) is 8.80. The molecule has 1 aromatic carbocycles. The van der Waals surface area contributed by atoms with Gasteiger partial charge < -0.3 is 15.7 Å². The highest BCUT2D eigenvalue weighted by molar-refractivity contribution is 5.95. The molecule has 29 heavy (non-hydrogen) atoms. The van der Waals surface area contributed by atoms with E-state index in [1.54, 1.807) is 32.3 Å². The summed E-state index contributed by atoms with van der Waals surface area (Å²) in [6.07, 6.45) is 4.09. The van der Waals surface area contributed by atoms with Gasteiger partial charge in [0.15, 0.2) is 5.82 Å². The number of fused-ring (bicyclic) bond motifs is 1. The topological polar surface area (TPSA) is 138 Å². The van der Waals surface area contributed by atoms with Gasteiger partial charge in [0.1, 0.15) is 11.3 Å². The van der Waals surface area contributed by atoms with E-state index in [1.807, 2.05) is 0 Å². The lowest BCUT2D eigenvalue weighted by Crippen LogP contribution is -2.29. The molecule has 2 amide bonds. The van der Waals surface area contributed by atoms with Crippen molar-refractivity contribution >= 4 is 23.2 Å². The summed E-state index contributed by atoms with van der Waals surface area (Å²) in [7, 11) is 1.63. The first kappa shape index (κ1) is 20.0. The lowest BCUT2D eigenvalue weighted by atomic mass is 10.0. The van der Waals surface area contributed by atoms with Crippen LogP contribution in [0.2, 0.25) is 0 Å². The van der Waals surface area contributed by atoms with Gasteiger partial charge in [-0.3, -0.25) is 14.7 Å². The summed E-state index contributed by atoms with van der Waals surface area (Å²) in [4.78, 5) is 32.0. The van der Waals surface area contributed by atoms with Gasteiger partial charge in [-0.2, -0.15) is 5.10 Å². The predicted octanol–water partition coefficient (Wildman–Crippen LogP) is 0.700. The number of aliphatic hydroxyl groups is 1. The lowest BCUT2D eigenvalue weighted by Gasteiger charge is -2.19. The van der Waals surface area contributed by atoms with E-state index >= 15 is 0 Å². The van der Waals surface area contributed by atoms with E-state index in [1.165, 1.54) is 17.2 Å². The summed E-state index contributed by atoms with van der Waals surface area (Å²) in [6, 6.07) is 5.00. The van der Waals surface area contributed by atoms with Crippen molar-refractivity contribution < 1.29 is 14.7 Å². The maximum atomic E-state index is 11.4. The SMILES string of the molecule is CN(C=O)CCC(C)(O)C#Cc1cc(-c2nccc(C(N)=O)n2)c2cn[nH]c2c1. The smallest absolute Gasteiger partial charge is 0.267 e. The average Bonchev–Trinajstić information content (AvgIpc) is 3.18. The van der Waals surface area contributed by atoms with Crippen molar-refractivity contribution in [2.75, 3.05) is 13.6 Å². The molecule has 4 N–H and O–H groups in total. The Morgan fingerprint density at radius 1 is 1.45 bits per heavy atom. The number of nitrogens with zero attached hydrogens (tertiary/aromatic N) is 4. The predicted molar refractivity (Wildman–Crippen MR) is 106 cm³/mol. The molecule has 0 aliphatic heterocycles. The molecule has 0 fully saturated rings. The summed E-state index contributed by atoms with van der Waals surface area (Å²) < 4.78 is 0. The van der Waals surface area contributed by atoms with E-state index in [4.69, 9.17) is 5.73 Å². The van der Waals surface area contributed by atoms with Crippen molar-refractivity contribution in [3.63, 3.8) is 0 Å². The maximum Gasteiger partial charge on any atom is 0.267 e. The van der Waals surface area contributed by atoms with Crippen LogP contribution in [0.3, 0.4) is 0 Å². The molecule has 9 nitrogen and oxygen atoms in total. The number of H-pyrrole nitrogens is 1. The summed E-state index contributed by atoms with van der Waals surface area (Å²) in [5.74, 6) is 5.45. The van der Waals surface area contributed by atoms with Gasteiger partial charge in [-0.05, 0) is 25.1 Å². The van der Waals surface area contributed by atoms with E-state index in [9.17, 15) is 14.7 Å². The van der Waals surface area contributed by atoms with Crippen LogP contribution in [0.5, 0.6) is 0 Å². The molecule has 3 rings (SSSR count). The molecule has 0 saturated heterocycles. The fourth-order valence-corrected chi connectivity index (χ4v) is 2.65. The molecule has 0 spiro atoms. The largest absolute Gasteiger partial charge is 0.378 e. The van der Waals surface area contributed by atoms with Gasteiger partial charge in [0, 0.05) is 42.7 Å². The van der Waals surface area contributed by atoms with Crippen LogP contribution in [-0.4, -0.2) is 61.7 Å². The monoisotopic (exact) mass is 392 g/mol. The Morgan fingerprint density at radius 2 is 2.24 bits per heavy atom. The van der Waals surface area contributed by atoms with Crippen LogP contribution in [-0.2, 0) is 4.79 Å². The molecule has 9 heteroatoms. The normalized spacial score (nSPS) is 12.7. The van der Waals surface area contributed by atoms with Crippen molar-refractivity contribution in [2.45, 2.75) is 18.9 Å². The highest BCUT2D eigenvalue weighted by Crippen LogP contribution is 2.26. The molecule has 0 bridgehead atoms. The lowest BCUT2D eigenvalue weighted by molar-refractivity contribution is -0.117. The van der Waals surface area contributed by atoms with E-state index in [0.717, 1.165) is 5.39 Å². The molecule has 0 saturated carbocycles. The number of nitrogens with two attached hydrogens (primary N) is 1. The second-order valence-electron chi connectivity index (χ2n) is 6.84. The molecule has 0 aliphatic rings. The van der Waals surface area contributed by atoms with Crippen molar-refractivity contribution in [1.29, 1.82) is 0 Å². The van der Waals surface area contributed by atoms with Gasteiger partial charge in [-0.1, -0.05) is 11.8 Å². The van der Waals surface area contributed by atoms with Crippen LogP contribution >= 0.6 is 0 Å². The van der Waals surface area contributed by atoms with Crippen LogP contribution in [0.4, 0.5) is 0 Å². The summed E-state index contributed by atoms with van der Waals surface area (Å²) in [5.41, 5.74) is 6.09. The molecule has 0 aliphatic carbocycles. The number of benzene rings is 1. The van der Waals surface area contributed by atoms with Gasteiger partial charge in [-0.25, -0.2) is 9.97 Å². The van der Waals surface area contributed by atoms with Gasteiger partial charge in [-0.15, -0.1) is 0 Å². The van der Waals surface area contributed by atoms with Crippen molar-refractivity contribution in [2.24, 2.45) is 5.73 Å². The Labute approximate surface area is 167 Å². The minimum atomic E-state index is -1.28. The Kier molecular flexibility index (Phi) is 5.57. The first-order chi connectivity index (χ1) is 13.8. The molecule has 3 aromatic rings. The number of rotatable bonds is 6. The van der Waals surface area contributed by atoms with Crippen molar-refractivity contribution in [3.8, 4) is 23.2 Å². The Hall–Kier alpha value is -3.77. The minimum absolute atomic E-state index is 0.102. The number of carbonyl (C=O) groups is 2. The second-order valence-corrected chi connectivity index (χ2v) is 6.84. The average molecular weight is 392 g/mol.